The standard InChI is InChI=1S/C18H29N3O4S/c1-4-5-15(2)19-18(22)14-20-10-12-21(13-11-20)26(23,24)17-8-6-16(25-3)7-9-17/h6-9,15H,4-5,10-14H2,1-3H3,(H,19,22)/p+1/t15-/m0/s1. The molecule has 1 aromatic rings. The molecule has 26 heavy (non-hydrogen) atoms. The number of sulfonamides is 1. The van der Waals surface area contributed by atoms with Crippen molar-refractivity contribution < 1.29 is 22.8 Å². The number of methoxy groups -OCH3 is 1. The van der Waals surface area contributed by atoms with Gasteiger partial charge in [-0.2, -0.15) is 4.31 Å². The average Bonchev–Trinajstić information content (AvgIpc) is 2.62. The number of ether oxygens (including phenoxy) is 1. The molecule has 146 valence electrons. The van der Waals surface area contributed by atoms with Crippen molar-refractivity contribution in [1.82, 2.24) is 9.62 Å². The van der Waals surface area contributed by atoms with E-state index in [0.29, 0.717) is 38.5 Å². The maximum absolute atomic E-state index is 12.7. The number of nitrogens with zero attached hydrogens (tertiary/aromatic N) is 1. The van der Waals surface area contributed by atoms with E-state index in [0.717, 1.165) is 17.7 Å². The maximum Gasteiger partial charge on any atom is 0.275 e. The number of nitrogens with one attached hydrogen (secondary N) is 2. The van der Waals surface area contributed by atoms with E-state index in [4.69, 9.17) is 4.74 Å². The molecule has 7 nitrogen and oxygen atoms in total. The predicted molar refractivity (Wildman–Crippen MR) is 99.8 cm³/mol. The monoisotopic (exact) mass is 384 g/mol. The molecule has 8 heteroatoms. The molecule has 1 aromatic carbocycles. The molecule has 0 aliphatic carbocycles. The van der Waals surface area contributed by atoms with Crippen molar-refractivity contribution in [2.45, 2.75) is 37.6 Å². The molecule has 2 N–H and O–H groups in total. The van der Waals surface area contributed by atoms with Crippen molar-refractivity contribution in [3.63, 3.8) is 0 Å². The molecule has 0 bridgehead atoms. The molecular weight excluding hydrogens is 354 g/mol. The van der Waals surface area contributed by atoms with Crippen LogP contribution in [0.4, 0.5) is 0 Å². The fourth-order valence-corrected chi connectivity index (χ4v) is 4.62. The van der Waals surface area contributed by atoms with Crippen LogP contribution in [0.2, 0.25) is 0 Å². The number of carbonyl (C=O) groups is 1. The van der Waals surface area contributed by atoms with Crippen molar-refractivity contribution in [3.8, 4) is 5.75 Å². The van der Waals surface area contributed by atoms with E-state index in [1.807, 2.05) is 6.92 Å². The lowest BCUT2D eigenvalue weighted by Crippen LogP contribution is -3.15. The van der Waals surface area contributed by atoms with Crippen LogP contribution in [-0.2, 0) is 14.8 Å². The summed E-state index contributed by atoms with van der Waals surface area (Å²) in [5.41, 5.74) is 0. The summed E-state index contributed by atoms with van der Waals surface area (Å²) in [6, 6.07) is 6.61. The van der Waals surface area contributed by atoms with Crippen molar-refractivity contribution in [2.75, 3.05) is 39.8 Å². The van der Waals surface area contributed by atoms with E-state index < -0.39 is 10.0 Å². The zero-order chi connectivity index (χ0) is 19.2. The van der Waals surface area contributed by atoms with Gasteiger partial charge in [0, 0.05) is 6.04 Å². The third-order valence-electron chi connectivity index (χ3n) is 4.67. The number of amides is 1. The largest absolute Gasteiger partial charge is 0.497 e. The van der Waals surface area contributed by atoms with Crippen molar-refractivity contribution in [1.29, 1.82) is 0 Å². The van der Waals surface area contributed by atoms with E-state index in [1.165, 1.54) is 4.31 Å². The Hall–Kier alpha value is -1.64. The first-order valence-electron chi connectivity index (χ1n) is 9.14. The minimum absolute atomic E-state index is 0.0346. The Morgan fingerprint density at radius 2 is 1.88 bits per heavy atom. The van der Waals surface area contributed by atoms with E-state index in [-0.39, 0.29) is 16.8 Å². The molecule has 0 unspecified atom stereocenters. The molecular formula is C18H30N3O4S+. The highest BCUT2D eigenvalue weighted by atomic mass is 32.2. The Bertz CT molecular complexity index is 683. The summed E-state index contributed by atoms with van der Waals surface area (Å²) in [6.45, 7) is 6.59. The van der Waals surface area contributed by atoms with Crippen LogP contribution < -0.4 is 15.0 Å². The SMILES string of the molecule is CCC[C@H](C)NC(=O)C[NH+]1CCN(S(=O)(=O)c2ccc(OC)cc2)CC1. The van der Waals surface area contributed by atoms with Gasteiger partial charge >= 0.3 is 0 Å². The number of rotatable bonds is 8. The number of piperazine rings is 1. The average molecular weight is 385 g/mol. The number of hydrogen-bond acceptors (Lipinski definition) is 4. The van der Waals surface area contributed by atoms with E-state index in [1.54, 1.807) is 31.4 Å². The first kappa shape index (κ1) is 20.7. The Labute approximate surface area is 156 Å². The minimum Gasteiger partial charge on any atom is -0.497 e. The Morgan fingerprint density at radius 1 is 1.27 bits per heavy atom. The number of carbonyl (C=O) groups excluding carboxylic acids is 1. The normalized spacial score (nSPS) is 17.7. The van der Waals surface area contributed by atoms with Crippen molar-refractivity contribution >= 4 is 15.9 Å². The van der Waals surface area contributed by atoms with Gasteiger partial charge in [-0.05, 0) is 37.6 Å². The minimum atomic E-state index is -3.50. The van der Waals surface area contributed by atoms with E-state index in [9.17, 15) is 13.2 Å². The zero-order valence-corrected chi connectivity index (χ0v) is 16.6. The number of hydrogen-bond donors (Lipinski definition) is 2. The van der Waals surface area contributed by atoms with Crippen molar-refractivity contribution in [3.05, 3.63) is 24.3 Å². The summed E-state index contributed by atoms with van der Waals surface area (Å²) >= 11 is 0. The summed E-state index contributed by atoms with van der Waals surface area (Å²) in [7, 11) is -1.96. The molecule has 0 saturated carbocycles. The van der Waals surface area contributed by atoms with Crippen LogP contribution in [-0.4, -0.2) is 64.5 Å². The van der Waals surface area contributed by atoms with Gasteiger partial charge in [0.2, 0.25) is 10.0 Å². The van der Waals surface area contributed by atoms with Crippen LogP contribution >= 0.6 is 0 Å². The molecule has 1 aliphatic heterocycles. The van der Waals surface area contributed by atoms with Gasteiger partial charge < -0.3 is 15.0 Å². The second-order valence-electron chi connectivity index (χ2n) is 6.76. The Balaban J connectivity index is 1.87. The lowest BCUT2D eigenvalue weighted by molar-refractivity contribution is -0.895. The second kappa shape index (κ2) is 9.34. The van der Waals surface area contributed by atoms with E-state index >= 15 is 0 Å². The molecule has 1 amide bonds. The summed E-state index contributed by atoms with van der Waals surface area (Å²) < 4.78 is 32.0. The third kappa shape index (κ3) is 5.43. The van der Waals surface area contributed by atoms with Gasteiger partial charge in [0.05, 0.1) is 38.2 Å². The van der Waals surface area contributed by atoms with Gasteiger partial charge in [0.25, 0.3) is 5.91 Å². The number of quaternary nitrogens is 1. The predicted octanol–water partition coefficient (Wildman–Crippen LogP) is -0.111. The fraction of sp³-hybridized carbons (Fsp3) is 0.611. The fourth-order valence-electron chi connectivity index (χ4n) is 3.17. The maximum atomic E-state index is 12.7. The highest BCUT2D eigenvalue weighted by molar-refractivity contribution is 7.89. The molecule has 2 rings (SSSR count). The highest BCUT2D eigenvalue weighted by Gasteiger charge is 2.31. The lowest BCUT2D eigenvalue weighted by Gasteiger charge is -2.31. The third-order valence-corrected chi connectivity index (χ3v) is 6.58. The summed E-state index contributed by atoms with van der Waals surface area (Å²) in [5.74, 6) is 0.661. The van der Waals surface area contributed by atoms with Crippen LogP contribution in [0.5, 0.6) is 5.75 Å². The van der Waals surface area contributed by atoms with Crippen LogP contribution in [0.15, 0.2) is 29.2 Å². The van der Waals surface area contributed by atoms with Crippen LogP contribution in [0.3, 0.4) is 0 Å². The first-order chi connectivity index (χ1) is 12.4. The van der Waals surface area contributed by atoms with Crippen LogP contribution in [0.1, 0.15) is 26.7 Å². The van der Waals surface area contributed by atoms with Gasteiger partial charge in [-0.1, -0.05) is 13.3 Å². The quantitative estimate of drug-likeness (QED) is 0.655. The molecule has 1 saturated heterocycles. The van der Waals surface area contributed by atoms with Gasteiger partial charge in [-0.15, -0.1) is 0 Å². The Morgan fingerprint density at radius 3 is 2.42 bits per heavy atom. The van der Waals surface area contributed by atoms with Gasteiger partial charge in [-0.25, -0.2) is 8.42 Å². The van der Waals surface area contributed by atoms with Gasteiger partial charge in [0.1, 0.15) is 5.75 Å². The second-order valence-corrected chi connectivity index (χ2v) is 8.70. The van der Waals surface area contributed by atoms with E-state index in [2.05, 4.69) is 12.2 Å². The first-order valence-corrected chi connectivity index (χ1v) is 10.6. The van der Waals surface area contributed by atoms with Crippen LogP contribution in [0, 0.1) is 0 Å². The molecule has 0 aromatic heterocycles. The summed E-state index contributed by atoms with van der Waals surface area (Å²) in [4.78, 5) is 13.5. The van der Waals surface area contributed by atoms with Gasteiger partial charge in [-0.3, -0.25) is 4.79 Å². The smallest absolute Gasteiger partial charge is 0.275 e. The molecule has 1 aliphatic rings. The topological polar surface area (TPSA) is 80.2 Å². The molecule has 0 radical (unpaired) electrons. The lowest BCUT2D eigenvalue weighted by atomic mass is 10.2. The van der Waals surface area contributed by atoms with Gasteiger partial charge in [0.15, 0.2) is 6.54 Å². The zero-order valence-electron chi connectivity index (χ0n) is 15.8. The number of benzene rings is 1. The van der Waals surface area contributed by atoms with Crippen molar-refractivity contribution in [2.24, 2.45) is 0 Å². The molecule has 1 fully saturated rings. The summed E-state index contributed by atoms with van der Waals surface area (Å²) in [5, 5.41) is 3.00. The molecule has 1 heterocycles. The highest BCUT2D eigenvalue weighted by Crippen LogP contribution is 2.19. The van der Waals surface area contributed by atoms with Crippen LogP contribution in [0.25, 0.3) is 0 Å². The Kier molecular flexibility index (Phi) is 7.43. The molecule has 1 atom stereocenters. The summed E-state index contributed by atoms with van der Waals surface area (Å²) in [6.07, 6.45) is 2.01. The molecule has 0 spiro atoms.